The summed E-state index contributed by atoms with van der Waals surface area (Å²) in [5.74, 6) is -0.249. The second-order valence-corrected chi connectivity index (χ2v) is 19.0. The number of fused-ring (bicyclic) bond motifs is 5. The fraction of sp³-hybridized carbons (Fsp3) is 0.529. The van der Waals surface area contributed by atoms with Gasteiger partial charge in [-0.15, -0.1) is 0 Å². The molecule has 45 heavy (non-hydrogen) atoms. The van der Waals surface area contributed by atoms with Crippen LogP contribution in [0.3, 0.4) is 0 Å². The molecule has 1 aromatic carbocycles. The zero-order valence-electron chi connectivity index (χ0n) is 26.6. The Hall–Kier alpha value is -3.54. The van der Waals surface area contributed by atoms with Crippen molar-refractivity contribution in [2.24, 2.45) is 0 Å². The third kappa shape index (κ3) is 4.99. The number of benzene rings is 1. The first-order valence-electron chi connectivity index (χ1n) is 16.3. The molecule has 0 bridgehead atoms. The molecular weight excluding hydrogens is 588 g/mol. The van der Waals surface area contributed by atoms with Gasteiger partial charge in [-0.1, -0.05) is 33.0 Å². The number of likely N-dealkylation sites (tertiary alicyclic amines) is 2. The van der Waals surface area contributed by atoms with Gasteiger partial charge in [0.05, 0.1) is 37.1 Å². The van der Waals surface area contributed by atoms with E-state index in [4.69, 9.17) is 14.5 Å². The highest BCUT2D eigenvalue weighted by atomic mass is 28.3. The van der Waals surface area contributed by atoms with E-state index >= 15 is 0 Å². The van der Waals surface area contributed by atoms with Gasteiger partial charge in [0.1, 0.15) is 12.4 Å². The van der Waals surface area contributed by atoms with Crippen molar-refractivity contribution in [3.8, 4) is 17.1 Å². The van der Waals surface area contributed by atoms with E-state index in [0.29, 0.717) is 53.9 Å². The monoisotopic (exact) mass is 630 g/mol. The number of carbonyl (C=O) groups excluding carboxylic acids is 2. The molecule has 0 radical (unpaired) electrons. The number of hydrogen-bond donors (Lipinski definition) is 1. The molecule has 11 heteroatoms. The Bertz CT molecular complexity index is 1770. The van der Waals surface area contributed by atoms with Crippen molar-refractivity contribution in [2.45, 2.75) is 89.9 Å². The summed E-state index contributed by atoms with van der Waals surface area (Å²) in [7, 11) is -2.05. The molecule has 1 atom stereocenters. The first-order chi connectivity index (χ1) is 21.5. The van der Waals surface area contributed by atoms with Crippen LogP contribution >= 0.6 is 0 Å². The van der Waals surface area contributed by atoms with Crippen LogP contribution in [0.15, 0.2) is 29.1 Å². The normalized spacial score (nSPS) is 22.2. The van der Waals surface area contributed by atoms with E-state index in [1.54, 1.807) is 23.6 Å². The number of pyridine rings is 2. The van der Waals surface area contributed by atoms with Crippen molar-refractivity contribution in [1.29, 1.82) is 0 Å². The Balaban J connectivity index is 1.21. The van der Waals surface area contributed by atoms with E-state index < -0.39 is 19.6 Å². The van der Waals surface area contributed by atoms with Gasteiger partial charge >= 0.3 is 12.1 Å². The Morgan fingerprint density at radius 1 is 1.07 bits per heavy atom. The largest absolute Gasteiger partial charge is 0.458 e. The van der Waals surface area contributed by atoms with Gasteiger partial charge in [0, 0.05) is 30.1 Å². The van der Waals surface area contributed by atoms with Gasteiger partial charge in [-0.25, -0.2) is 14.6 Å². The van der Waals surface area contributed by atoms with E-state index in [0.717, 1.165) is 34.5 Å². The summed E-state index contributed by atoms with van der Waals surface area (Å²) in [4.78, 5) is 49.0. The molecule has 238 valence electrons. The maximum atomic E-state index is 13.8. The molecule has 4 aliphatic rings. The SMILES string of the molecule is CC[C@@]1(O)C(=O)OCc2c1cc1n(c2=O)Cc2c-1nc1ccc(OC(=O)N3CCC(N4CCCCC4)CC3)cc1c2[Si](C)(C)C. The van der Waals surface area contributed by atoms with Crippen LogP contribution in [0.2, 0.25) is 19.6 Å². The van der Waals surface area contributed by atoms with Crippen LogP contribution in [0.25, 0.3) is 22.3 Å². The van der Waals surface area contributed by atoms with Crippen LogP contribution in [-0.2, 0) is 28.3 Å². The lowest BCUT2D eigenvalue weighted by Crippen LogP contribution is -2.48. The molecule has 4 aliphatic heterocycles. The Morgan fingerprint density at radius 3 is 2.49 bits per heavy atom. The average Bonchev–Trinajstić information content (AvgIpc) is 3.40. The highest BCUT2D eigenvalue weighted by Gasteiger charge is 2.46. The first kappa shape index (κ1) is 30.1. The van der Waals surface area contributed by atoms with Gasteiger partial charge < -0.3 is 28.9 Å². The number of hydrogen-bond acceptors (Lipinski definition) is 8. The van der Waals surface area contributed by atoms with Crippen molar-refractivity contribution in [3.05, 3.63) is 51.3 Å². The molecule has 0 saturated carbocycles. The van der Waals surface area contributed by atoms with Gasteiger partial charge in [0.25, 0.3) is 5.56 Å². The fourth-order valence-electron chi connectivity index (χ4n) is 7.84. The zero-order valence-corrected chi connectivity index (χ0v) is 27.6. The van der Waals surface area contributed by atoms with E-state index in [-0.39, 0.29) is 24.7 Å². The first-order valence-corrected chi connectivity index (χ1v) is 19.8. The van der Waals surface area contributed by atoms with Gasteiger partial charge in [-0.3, -0.25) is 4.79 Å². The van der Waals surface area contributed by atoms with Gasteiger partial charge in [0.15, 0.2) is 5.60 Å². The predicted octanol–water partition coefficient (Wildman–Crippen LogP) is 4.07. The Labute approximate surface area is 264 Å². The number of nitrogens with zero attached hydrogens (tertiary/aromatic N) is 4. The van der Waals surface area contributed by atoms with Crippen LogP contribution in [-0.4, -0.2) is 76.8 Å². The van der Waals surface area contributed by atoms with E-state index in [2.05, 4.69) is 24.5 Å². The van der Waals surface area contributed by atoms with Crippen LogP contribution in [0.1, 0.15) is 62.1 Å². The summed E-state index contributed by atoms with van der Waals surface area (Å²) < 4.78 is 12.9. The number of amides is 1. The topological polar surface area (TPSA) is 114 Å². The lowest BCUT2D eigenvalue weighted by atomic mass is 9.86. The Kier molecular flexibility index (Phi) is 7.41. The van der Waals surface area contributed by atoms with Crippen molar-refractivity contribution >= 4 is 36.2 Å². The number of carbonyl (C=O) groups is 2. The van der Waals surface area contributed by atoms with E-state index in [1.165, 1.54) is 32.4 Å². The molecule has 2 fully saturated rings. The van der Waals surface area contributed by atoms with Gasteiger partial charge in [-0.2, -0.15) is 0 Å². The van der Waals surface area contributed by atoms with Crippen LogP contribution in [0, 0.1) is 0 Å². The third-order valence-electron chi connectivity index (χ3n) is 10.2. The van der Waals surface area contributed by atoms with Gasteiger partial charge in [0.2, 0.25) is 0 Å². The molecule has 0 unspecified atom stereocenters. The third-order valence-corrected chi connectivity index (χ3v) is 12.3. The summed E-state index contributed by atoms with van der Waals surface area (Å²) >= 11 is 0. The second-order valence-electron chi connectivity index (χ2n) is 14.0. The minimum absolute atomic E-state index is 0.0951. The fourth-order valence-corrected chi connectivity index (χ4v) is 9.95. The van der Waals surface area contributed by atoms with Gasteiger partial charge in [-0.05, 0) is 80.2 Å². The maximum absolute atomic E-state index is 13.8. The summed E-state index contributed by atoms with van der Waals surface area (Å²) in [5, 5.41) is 13.3. The minimum Gasteiger partial charge on any atom is -0.458 e. The summed E-state index contributed by atoms with van der Waals surface area (Å²) in [5.41, 5.74) is 1.48. The van der Waals surface area contributed by atoms with Crippen molar-refractivity contribution < 1.29 is 24.2 Å². The standard InChI is InChI=1S/C34H42N4O6Si/c1-5-34(42)26-18-28-29-24(19-38(28)31(39)25(26)20-43-32(34)40)30(45(2,3)4)23-17-22(9-10-27(23)35-29)44-33(41)37-15-11-21(12-16-37)36-13-7-6-8-14-36/h9-10,17-18,21,42H,5-8,11-16,19-20H2,1-4H3/t34-/m0/s1. The van der Waals surface area contributed by atoms with E-state index in [9.17, 15) is 19.5 Å². The highest BCUT2D eigenvalue weighted by molar-refractivity contribution is 6.90. The number of esters is 1. The zero-order chi connectivity index (χ0) is 31.7. The van der Waals surface area contributed by atoms with Crippen molar-refractivity contribution in [1.82, 2.24) is 19.4 Å². The molecule has 2 aromatic heterocycles. The lowest BCUT2D eigenvalue weighted by Gasteiger charge is -2.39. The Morgan fingerprint density at radius 2 is 1.80 bits per heavy atom. The summed E-state index contributed by atoms with van der Waals surface area (Å²) in [6, 6.07) is 7.89. The minimum atomic E-state index is -2.05. The molecule has 1 N–H and O–H groups in total. The smallest absolute Gasteiger partial charge is 0.415 e. The molecule has 0 aliphatic carbocycles. The van der Waals surface area contributed by atoms with Crippen LogP contribution in [0.5, 0.6) is 5.75 Å². The maximum Gasteiger partial charge on any atom is 0.415 e. The molecular formula is C34H42N4O6Si. The number of cyclic esters (lactones) is 1. The summed E-state index contributed by atoms with van der Waals surface area (Å²) in [6.07, 6.45) is 5.58. The molecule has 10 nitrogen and oxygen atoms in total. The number of aliphatic hydroxyl groups is 1. The number of aromatic nitrogens is 2. The molecule has 1 amide bonds. The second kappa shape index (κ2) is 11.1. The number of ether oxygens (including phenoxy) is 2. The predicted molar refractivity (Wildman–Crippen MR) is 174 cm³/mol. The average molecular weight is 631 g/mol. The van der Waals surface area contributed by atoms with Crippen LogP contribution in [0.4, 0.5) is 4.79 Å². The molecule has 6 heterocycles. The van der Waals surface area contributed by atoms with Crippen molar-refractivity contribution in [2.75, 3.05) is 26.2 Å². The van der Waals surface area contributed by atoms with E-state index in [1.807, 2.05) is 17.0 Å². The molecule has 3 aromatic rings. The molecule has 2 saturated heterocycles. The van der Waals surface area contributed by atoms with Crippen LogP contribution < -0.4 is 15.5 Å². The lowest BCUT2D eigenvalue weighted by molar-refractivity contribution is -0.172. The molecule has 7 rings (SSSR count). The highest BCUT2D eigenvalue weighted by Crippen LogP contribution is 2.39. The summed E-state index contributed by atoms with van der Waals surface area (Å²) in [6.45, 7) is 12.4. The number of piperidine rings is 2. The quantitative estimate of drug-likeness (QED) is 0.265. The van der Waals surface area contributed by atoms with Crippen molar-refractivity contribution in [3.63, 3.8) is 0 Å². The molecule has 0 spiro atoms. The number of rotatable bonds is 4.